The van der Waals surface area contributed by atoms with Gasteiger partial charge in [-0.3, -0.25) is 28.8 Å². The van der Waals surface area contributed by atoms with Crippen LogP contribution in [-0.4, -0.2) is 73.4 Å². The summed E-state index contributed by atoms with van der Waals surface area (Å²) in [5.74, 6) is -3.62. The molecule has 4 atom stereocenters. The van der Waals surface area contributed by atoms with E-state index in [-0.39, 0.29) is 38.5 Å². The van der Waals surface area contributed by atoms with Gasteiger partial charge in [-0.05, 0) is 38.5 Å². The van der Waals surface area contributed by atoms with Crippen molar-refractivity contribution in [1.29, 1.82) is 0 Å². The molecule has 0 fully saturated rings. The molecule has 12 heteroatoms. The van der Waals surface area contributed by atoms with Crippen molar-refractivity contribution >= 4 is 35.8 Å². The van der Waals surface area contributed by atoms with Crippen LogP contribution in [0.3, 0.4) is 0 Å². The van der Waals surface area contributed by atoms with E-state index < -0.39 is 73.4 Å². The van der Waals surface area contributed by atoms with Gasteiger partial charge in [0.05, 0.1) is 0 Å². The Hall–Kier alpha value is -3.18. The maximum Gasteiger partial charge on any atom is 0.306 e. The van der Waals surface area contributed by atoms with Gasteiger partial charge in [-0.15, -0.1) is 0 Å². The van der Waals surface area contributed by atoms with Gasteiger partial charge >= 0.3 is 35.8 Å². The van der Waals surface area contributed by atoms with Crippen LogP contribution in [0, 0.1) is 0 Å². The van der Waals surface area contributed by atoms with Crippen molar-refractivity contribution in [2.75, 3.05) is 13.2 Å². The zero-order valence-electron chi connectivity index (χ0n) is 34.6. The second kappa shape index (κ2) is 34.3. The highest BCUT2D eigenvalue weighted by molar-refractivity contribution is 5.73. The number of carbonyl (C=O) groups is 6. The summed E-state index contributed by atoms with van der Waals surface area (Å²) in [4.78, 5) is 79.2. The van der Waals surface area contributed by atoms with E-state index in [1.165, 1.54) is 0 Å². The Morgan fingerprint density at radius 2 is 0.537 bits per heavy atom. The monoisotopic (exact) mass is 771 g/mol. The summed E-state index contributed by atoms with van der Waals surface area (Å²) >= 11 is 0. The fourth-order valence-corrected chi connectivity index (χ4v) is 5.59. The lowest BCUT2D eigenvalue weighted by Crippen LogP contribution is -2.54. The molecule has 0 aliphatic rings. The van der Waals surface area contributed by atoms with E-state index in [9.17, 15) is 28.8 Å². The summed E-state index contributed by atoms with van der Waals surface area (Å²) in [6.07, 6.45) is 7.66. The minimum atomic E-state index is -1.57. The maximum atomic E-state index is 13.5. The van der Waals surface area contributed by atoms with Crippen LogP contribution in [0.4, 0.5) is 0 Å². The molecule has 0 heterocycles. The summed E-state index contributed by atoms with van der Waals surface area (Å²) in [5.41, 5.74) is 0. The molecule has 0 rings (SSSR count). The predicted molar refractivity (Wildman–Crippen MR) is 206 cm³/mol. The number of hydrogen-bond donors (Lipinski definition) is 0. The average Bonchev–Trinajstić information content (AvgIpc) is 3.14. The first kappa shape index (κ1) is 50.8. The zero-order chi connectivity index (χ0) is 40.4. The molecule has 314 valence electrons. The Morgan fingerprint density at radius 3 is 0.778 bits per heavy atom. The quantitative estimate of drug-likeness (QED) is 0.0342. The van der Waals surface area contributed by atoms with Crippen LogP contribution in [0.25, 0.3) is 0 Å². The summed E-state index contributed by atoms with van der Waals surface area (Å²) < 4.78 is 35.1. The Morgan fingerprint density at radius 1 is 0.315 bits per heavy atom. The molecule has 0 amide bonds. The van der Waals surface area contributed by atoms with Crippen LogP contribution in [0.5, 0.6) is 0 Å². The SMILES string of the molecule is CCCCCC(=O)OC[C@H](OC(=O)CCCCC)[C@@H](OC(=O)CCCCC)[C@H](OC(=O)CCCCC)[C@@H](COC(=O)CCCCC)OC(=O)CCCCC. The predicted octanol–water partition coefficient (Wildman–Crippen LogP) is 9.20. The smallest absolute Gasteiger partial charge is 0.306 e. The second-order valence-electron chi connectivity index (χ2n) is 14.1. The molecule has 0 aromatic heterocycles. The van der Waals surface area contributed by atoms with E-state index in [1.807, 2.05) is 41.5 Å². The Kier molecular flexibility index (Phi) is 32.3. The second-order valence-corrected chi connectivity index (χ2v) is 14.1. The van der Waals surface area contributed by atoms with Crippen molar-refractivity contribution in [3.05, 3.63) is 0 Å². The summed E-state index contributed by atoms with van der Waals surface area (Å²) in [6.45, 7) is 11.0. The normalized spacial score (nSPS) is 13.2. The topological polar surface area (TPSA) is 158 Å². The Balaban J connectivity index is 7.13. The average molecular weight is 771 g/mol. The van der Waals surface area contributed by atoms with E-state index in [2.05, 4.69) is 0 Å². The fraction of sp³-hybridized carbons (Fsp3) is 0.857. The van der Waals surface area contributed by atoms with Gasteiger partial charge in [0.25, 0.3) is 0 Å². The number of hydrogen-bond acceptors (Lipinski definition) is 12. The molecular weight excluding hydrogens is 696 g/mol. The van der Waals surface area contributed by atoms with Crippen molar-refractivity contribution in [3.63, 3.8) is 0 Å². The van der Waals surface area contributed by atoms with Gasteiger partial charge in [-0.1, -0.05) is 119 Å². The van der Waals surface area contributed by atoms with Gasteiger partial charge in [-0.25, -0.2) is 0 Å². The molecule has 0 aliphatic heterocycles. The molecule has 0 aliphatic carbocycles. The molecule has 12 nitrogen and oxygen atoms in total. The van der Waals surface area contributed by atoms with Crippen molar-refractivity contribution in [3.8, 4) is 0 Å². The maximum absolute atomic E-state index is 13.5. The standard InChI is InChI=1S/C42H74O12/c1-7-13-19-25-35(43)49-31-33(51-37(45)27-21-15-9-3)41(53-39(47)29-23-17-11-5)42(54-40(48)30-24-18-12-6)34(52-38(46)28-22-16-10-4)32-50-36(44)26-20-14-8-2/h33-34,41-42H,7-32H2,1-6H3/t33-,34+,41-,42-/m1/s1. The van der Waals surface area contributed by atoms with Gasteiger partial charge in [0, 0.05) is 38.5 Å². The minimum Gasteiger partial charge on any atom is -0.462 e. The molecule has 0 unspecified atom stereocenters. The lowest BCUT2D eigenvalue weighted by atomic mass is 10.0. The summed E-state index contributed by atoms with van der Waals surface area (Å²) in [6, 6.07) is 0. The molecule has 0 N–H and O–H groups in total. The third-order valence-corrected chi connectivity index (χ3v) is 8.88. The van der Waals surface area contributed by atoms with Crippen molar-refractivity contribution in [2.24, 2.45) is 0 Å². The lowest BCUT2D eigenvalue weighted by molar-refractivity contribution is -0.209. The van der Waals surface area contributed by atoms with Gasteiger partial charge in [0.1, 0.15) is 13.2 Å². The first-order valence-electron chi connectivity index (χ1n) is 21.2. The van der Waals surface area contributed by atoms with E-state index in [0.29, 0.717) is 38.5 Å². The van der Waals surface area contributed by atoms with Crippen LogP contribution in [0.2, 0.25) is 0 Å². The van der Waals surface area contributed by atoms with Gasteiger partial charge in [0.2, 0.25) is 0 Å². The molecule has 0 aromatic carbocycles. The minimum absolute atomic E-state index is 0.0172. The molecule has 0 bridgehead atoms. The third-order valence-electron chi connectivity index (χ3n) is 8.88. The molecule has 0 saturated carbocycles. The molecule has 0 radical (unpaired) electrons. The molecule has 54 heavy (non-hydrogen) atoms. The van der Waals surface area contributed by atoms with Crippen molar-refractivity contribution in [2.45, 2.75) is 220 Å². The largest absolute Gasteiger partial charge is 0.462 e. The van der Waals surface area contributed by atoms with E-state index >= 15 is 0 Å². The number of unbranched alkanes of at least 4 members (excludes halogenated alkanes) is 12. The summed E-state index contributed by atoms with van der Waals surface area (Å²) in [5, 5.41) is 0. The molecule has 0 saturated heterocycles. The van der Waals surface area contributed by atoms with Crippen molar-refractivity contribution in [1.82, 2.24) is 0 Å². The number of carbonyl (C=O) groups excluding carboxylic acids is 6. The number of rotatable bonds is 35. The van der Waals surface area contributed by atoms with Gasteiger partial charge in [-0.2, -0.15) is 0 Å². The van der Waals surface area contributed by atoms with Crippen LogP contribution >= 0.6 is 0 Å². The molecule has 0 spiro atoms. The first-order valence-corrected chi connectivity index (χ1v) is 21.2. The van der Waals surface area contributed by atoms with Crippen molar-refractivity contribution < 1.29 is 57.2 Å². The molecular formula is C42H74O12. The van der Waals surface area contributed by atoms with E-state index in [4.69, 9.17) is 28.4 Å². The van der Waals surface area contributed by atoms with Gasteiger partial charge < -0.3 is 28.4 Å². The van der Waals surface area contributed by atoms with Crippen LogP contribution in [0.15, 0.2) is 0 Å². The number of esters is 6. The Bertz CT molecular complexity index is 949. The van der Waals surface area contributed by atoms with Gasteiger partial charge in [0.15, 0.2) is 24.4 Å². The van der Waals surface area contributed by atoms with E-state index in [0.717, 1.165) is 77.0 Å². The lowest BCUT2D eigenvalue weighted by Gasteiger charge is -2.36. The zero-order valence-corrected chi connectivity index (χ0v) is 34.6. The third kappa shape index (κ3) is 26.6. The van der Waals surface area contributed by atoms with Crippen LogP contribution < -0.4 is 0 Å². The summed E-state index contributed by atoms with van der Waals surface area (Å²) in [7, 11) is 0. The molecule has 0 aromatic rings. The first-order chi connectivity index (χ1) is 26.1. The fourth-order valence-electron chi connectivity index (χ4n) is 5.59. The Labute approximate surface area is 325 Å². The number of ether oxygens (including phenoxy) is 6. The van der Waals surface area contributed by atoms with E-state index in [1.54, 1.807) is 0 Å². The highest BCUT2D eigenvalue weighted by Gasteiger charge is 2.45. The highest BCUT2D eigenvalue weighted by atomic mass is 16.6. The van der Waals surface area contributed by atoms with Crippen LogP contribution in [-0.2, 0) is 57.2 Å². The highest BCUT2D eigenvalue weighted by Crippen LogP contribution is 2.24. The van der Waals surface area contributed by atoms with Crippen LogP contribution in [0.1, 0.15) is 196 Å².